The number of aliphatic carboxylic acids is 1. The summed E-state index contributed by atoms with van der Waals surface area (Å²) in [7, 11) is 0. The number of carboxylic acids is 1. The van der Waals surface area contributed by atoms with Crippen molar-refractivity contribution in [1.29, 1.82) is 0 Å². The first kappa shape index (κ1) is 19.4. The minimum atomic E-state index is -1.04. The summed E-state index contributed by atoms with van der Waals surface area (Å²) in [6.45, 7) is 1.92. The number of hydrogen-bond donors (Lipinski definition) is 3. The van der Waals surface area contributed by atoms with Crippen molar-refractivity contribution in [2.45, 2.75) is 19.4 Å². The maximum absolute atomic E-state index is 12.6. The predicted octanol–water partition coefficient (Wildman–Crippen LogP) is 3.49. The van der Waals surface area contributed by atoms with Crippen LogP contribution in [0.25, 0.3) is 5.69 Å². The number of aryl methyl sites for hydroxylation is 1. The summed E-state index contributed by atoms with van der Waals surface area (Å²) in [5.74, 6) is -1.88. The van der Waals surface area contributed by atoms with Crippen LogP contribution < -0.4 is 5.32 Å². The first-order valence-corrected chi connectivity index (χ1v) is 8.85. The highest BCUT2D eigenvalue weighted by Crippen LogP contribution is 2.22. The van der Waals surface area contributed by atoms with Gasteiger partial charge < -0.3 is 15.5 Å². The van der Waals surface area contributed by atoms with Crippen LogP contribution in [0.3, 0.4) is 0 Å². The normalized spacial score (nSPS) is 11.8. The third-order valence-electron chi connectivity index (χ3n) is 4.14. The number of hydrogen-bond acceptors (Lipinski definition) is 4. The van der Waals surface area contributed by atoms with E-state index in [1.807, 2.05) is 19.1 Å². The van der Waals surface area contributed by atoms with Gasteiger partial charge >= 0.3 is 5.97 Å². The monoisotopic (exact) mass is 399 g/mol. The standard InChI is InChI=1S/C20H18ClN3O4/c1-12-5-7-13(8-6-12)16(11-19(26)27)22-20(28)17-10-18(25)24(23-17)15-4-2-3-14(21)9-15/h2-10,16,25H,11H2,1H3,(H,22,28)(H,26,27)/t16-/m0/s1. The molecule has 8 heteroatoms. The number of aromatic nitrogens is 2. The first-order valence-electron chi connectivity index (χ1n) is 8.47. The number of rotatable bonds is 6. The summed E-state index contributed by atoms with van der Waals surface area (Å²) in [5.41, 5.74) is 2.14. The average Bonchev–Trinajstić information content (AvgIpc) is 3.03. The number of carboxylic acid groups (broad SMARTS) is 1. The van der Waals surface area contributed by atoms with Crippen molar-refractivity contribution in [3.8, 4) is 11.6 Å². The Balaban J connectivity index is 1.85. The van der Waals surface area contributed by atoms with Crippen LogP contribution in [0.4, 0.5) is 0 Å². The Kier molecular flexibility index (Phi) is 5.65. The van der Waals surface area contributed by atoms with E-state index in [0.29, 0.717) is 16.3 Å². The van der Waals surface area contributed by atoms with Gasteiger partial charge in [-0.05, 0) is 30.7 Å². The molecule has 0 aliphatic carbocycles. The summed E-state index contributed by atoms with van der Waals surface area (Å²) in [5, 5.41) is 26.6. The van der Waals surface area contributed by atoms with Gasteiger partial charge in [-0.2, -0.15) is 5.10 Å². The van der Waals surface area contributed by atoms with E-state index in [-0.39, 0.29) is 18.0 Å². The van der Waals surface area contributed by atoms with E-state index in [2.05, 4.69) is 10.4 Å². The number of carbonyl (C=O) groups excluding carboxylic acids is 1. The van der Waals surface area contributed by atoms with Crippen LogP contribution in [0.1, 0.15) is 34.1 Å². The highest BCUT2D eigenvalue weighted by Gasteiger charge is 2.22. The maximum Gasteiger partial charge on any atom is 0.305 e. The number of carbonyl (C=O) groups is 2. The highest BCUT2D eigenvalue weighted by molar-refractivity contribution is 6.30. The smallest absolute Gasteiger partial charge is 0.305 e. The molecule has 0 aliphatic rings. The van der Waals surface area contributed by atoms with Crippen LogP contribution in [0.5, 0.6) is 5.88 Å². The molecule has 0 fully saturated rings. The molecule has 3 rings (SSSR count). The summed E-state index contributed by atoms with van der Waals surface area (Å²) in [6, 6.07) is 14.3. The predicted molar refractivity (Wildman–Crippen MR) is 104 cm³/mol. The molecule has 0 radical (unpaired) electrons. The number of amides is 1. The fourth-order valence-corrected chi connectivity index (χ4v) is 2.92. The van der Waals surface area contributed by atoms with Crippen molar-refractivity contribution >= 4 is 23.5 Å². The summed E-state index contributed by atoms with van der Waals surface area (Å²) >= 11 is 5.95. The maximum atomic E-state index is 12.6. The summed E-state index contributed by atoms with van der Waals surface area (Å²) in [6.07, 6.45) is -0.282. The van der Waals surface area contributed by atoms with Crippen molar-refractivity contribution in [1.82, 2.24) is 15.1 Å². The van der Waals surface area contributed by atoms with Gasteiger partial charge in [0.25, 0.3) is 5.91 Å². The van der Waals surface area contributed by atoms with Gasteiger partial charge in [-0.25, -0.2) is 4.68 Å². The zero-order chi connectivity index (χ0) is 20.3. The Morgan fingerprint density at radius 2 is 1.89 bits per heavy atom. The lowest BCUT2D eigenvalue weighted by molar-refractivity contribution is -0.137. The number of aromatic hydroxyl groups is 1. The van der Waals surface area contributed by atoms with Crippen LogP contribution in [0.2, 0.25) is 5.02 Å². The van der Waals surface area contributed by atoms with Gasteiger partial charge in [0.2, 0.25) is 5.88 Å². The number of benzene rings is 2. The van der Waals surface area contributed by atoms with Crippen molar-refractivity contribution in [3.05, 3.63) is 76.4 Å². The van der Waals surface area contributed by atoms with E-state index in [1.54, 1.807) is 36.4 Å². The van der Waals surface area contributed by atoms with Crippen LogP contribution in [-0.2, 0) is 4.79 Å². The van der Waals surface area contributed by atoms with Gasteiger partial charge in [-0.15, -0.1) is 0 Å². The minimum absolute atomic E-state index is 0.0417. The molecule has 1 amide bonds. The van der Waals surface area contributed by atoms with E-state index in [0.717, 1.165) is 5.56 Å². The molecule has 28 heavy (non-hydrogen) atoms. The Morgan fingerprint density at radius 1 is 1.18 bits per heavy atom. The fraction of sp³-hybridized carbons (Fsp3) is 0.150. The Hall–Kier alpha value is -3.32. The zero-order valence-electron chi connectivity index (χ0n) is 15.0. The summed E-state index contributed by atoms with van der Waals surface area (Å²) < 4.78 is 1.18. The quantitative estimate of drug-likeness (QED) is 0.588. The molecule has 0 unspecified atom stereocenters. The molecule has 144 valence electrons. The van der Waals surface area contributed by atoms with Gasteiger partial charge in [0.15, 0.2) is 5.69 Å². The average molecular weight is 400 g/mol. The number of halogens is 1. The molecule has 3 aromatic rings. The van der Waals surface area contributed by atoms with Crippen molar-refractivity contribution in [2.24, 2.45) is 0 Å². The van der Waals surface area contributed by atoms with Crippen molar-refractivity contribution < 1.29 is 19.8 Å². The fourth-order valence-electron chi connectivity index (χ4n) is 2.74. The van der Waals surface area contributed by atoms with Gasteiger partial charge in [-0.3, -0.25) is 9.59 Å². The van der Waals surface area contributed by atoms with Crippen LogP contribution in [0, 0.1) is 6.92 Å². The SMILES string of the molecule is Cc1ccc([C@H](CC(=O)O)NC(=O)c2cc(O)n(-c3cccc(Cl)c3)n2)cc1. The third-order valence-corrected chi connectivity index (χ3v) is 4.37. The second kappa shape index (κ2) is 8.14. The van der Waals surface area contributed by atoms with E-state index < -0.39 is 17.9 Å². The molecule has 2 aromatic carbocycles. The van der Waals surface area contributed by atoms with E-state index >= 15 is 0 Å². The molecule has 0 spiro atoms. The second-order valence-corrected chi connectivity index (χ2v) is 6.75. The highest BCUT2D eigenvalue weighted by atomic mass is 35.5. The molecular formula is C20H18ClN3O4. The van der Waals surface area contributed by atoms with Gasteiger partial charge in [-0.1, -0.05) is 47.5 Å². The molecule has 0 saturated heterocycles. The molecule has 3 N–H and O–H groups in total. The topological polar surface area (TPSA) is 104 Å². The van der Waals surface area contributed by atoms with Crippen molar-refractivity contribution in [2.75, 3.05) is 0 Å². The van der Waals surface area contributed by atoms with Gasteiger partial charge in [0, 0.05) is 11.1 Å². The van der Waals surface area contributed by atoms with Crippen LogP contribution >= 0.6 is 11.6 Å². The molecule has 0 bridgehead atoms. The molecule has 0 aliphatic heterocycles. The molecule has 1 aromatic heterocycles. The van der Waals surface area contributed by atoms with E-state index in [4.69, 9.17) is 11.6 Å². The second-order valence-electron chi connectivity index (χ2n) is 6.31. The minimum Gasteiger partial charge on any atom is -0.493 e. The molecule has 7 nitrogen and oxygen atoms in total. The van der Waals surface area contributed by atoms with E-state index in [1.165, 1.54) is 10.7 Å². The molecule has 1 atom stereocenters. The van der Waals surface area contributed by atoms with Gasteiger partial charge in [0.1, 0.15) is 0 Å². The van der Waals surface area contributed by atoms with Crippen molar-refractivity contribution in [3.63, 3.8) is 0 Å². The molecular weight excluding hydrogens is 382 g/mol. The number of nitrogens with one attached hydrogen (secondary N) is 1. The lowest BCUT2D eigenvalue weighted by atomic mass is 10.0. The third kappa shape index (κ3) is 4.50. The van der Waals surface area contributed by atoms with Crippen LogP contribution in [0.15, 0.2) is 54.6 Å². The van der Waals surface area contributed by atoms with Crippen LogP contribution in [-0.4, -0.2) is 31.9 Å². The Bertz CT molecular complexity index is 1010. The molecule has 0 saturated carbocycles. The van der Waals surface area contributed by atoms with Gasteiger partial charge in [0.05, 0.1) is 18.2 Å². The first-order chi connectivity index (χ1) is 13.3. The summed E-state index contributed by atoms with van der Waals surface area (Å²) in [4.78, 5) is 23.8. The lowest BCUT2D eigenvalue weighted by Crippen LogP contribution is -2.30. The van der Waals surface area contributed by atoms with E-state index in [9.17, 15) is 19.8 Å². The number of nitrogens with zero attached hydrogens (tertiary/aromatic N) is 2. The lowest BCUT2D eigenvalue weighted by Gasteiger charge is -2.17. The largest absolute Gasteiger partial charge is 0.493 e. The molecule has 1 heterocycles. The zero-order valence-corrected chi connectivity index (χ0v) is 15.7. The Labute approximate surface area is 166 Å². The Morgan fingerprint density at radius 3 is 2.54 bits per heavy atom.